The fourth-order valence-corrected chi connectivity index (χ4v) is 5.23. The van der Waals surface area contributed by atoms with Gasteiger partial charge in [0.15, 0.2) is 0 Å². The van der Waals surface area contributed by atoms with Crippen molar-refractivity contribution in [1.29, 1.82) is 0 Å². The van der Waals surface area contributed by atoms with Crippen molar-refractivity contribution in [2.24, 2.45) is 11.3 Å². The summed E-state index contributed by atoms with van der Waals surface area (Å²) in [7, 11) is 0. The van der Waals surface area contributed by atoms with Crippen molar-refractivity contribution in [2.45, 2.75) is 51.9 Å². The number of allylic oxidation sites excluding steroid dienone is 3. The minimum Gasteiger partial charge on any atom is -0.505 e. The number of piperidine rings is 1. The molecule has 168 valence electrons. The van der Waals surface area contributed by atoms with Crippen molar-refractivity contribution in [3.05, 3.63) is 58.9 Å². The van der Waals surface area contributed by atoms with Gasteiger partial charge in [-0.15, -0.1) is 0 Å². The fraction of sp³-hybridized carbons (Fsp3) is 0.542. The maximum absolute atomic E-state index is 15.2. The Kier molecular flexibility index (Phi) is 5.90. The van der Waals surface area contributed by atoms with Crippen molar-refractivity contribution in [2.75, 3.05) is 19.6 Å². The summed E-state index contributed by atoms with van der Waals surface area (Å²) in [6.45, 7) is 5.13. The number of amides is 1. The van der Waals surface area contributed by atoms with Crippen LogP contribution in [0.4, 0.5) is 13.2 Å². The Bertz CT molecular complexity index is 931. The van der Waals surface area contributed by atoms with E-state index in [0.29, 0.717) is 38.0 Å². The molecule has 1 aliphatic carbocycles. The summed E-state index contributed by atoms with van der Waals surface area (Å²) in [6, 6.07) is 4.62. The number of rotatable bonds is 4. The Labute approximate surface area is 181 Å². The molecule has 0 aromatic heterocycles. The third kappa shape index (κ3) is 4.25. The van der Waals surface area contributed by atoms with Gasteiger partial charge >= 0.3 is 0 Å². The Morgan fingerprint density at radius 1 is 1.23 bits per heavy atom. The molecule has 4 rings (SSSR count). The van der Waals surface area contributed by atoms with E-state index in [9.17, 15) is 18.7 Å². The molecule has 0 bridgehead atoms. The molecule has 4 nitrogen and oxygen atoms in total. The van der Waals surface area contributed by atoms with Crippen molar-refractivity contribution >= 4 is 5.91 Å². The van der Waals surface area contributed by atoms with Gasteiger partial charge < -0.3 is 10.0 Å². The highest BCUT2D eigenvalue weighted by Crippen LogP contribution is 2.46. The Morgan fingerprint density at radius 3 is 2.68 bits per heavy atom. The lowest BCUT2D eigenvalue weighted by Gasteiger charge is -2.45. The van der Waals surface area contributed by atoms with Gasteiger partial charge in [0.2, 0.25) is 5.91 Å². The zero-order valence-electron chi connectivity index (χ0n) is 18.0. The highest BCUT2D eigenvalue weighted by Gasteiger charge is 2.46. The van der Waals surface area contributed by atoms with Crippen molar-refractivity contribution in [3.8, 4) is 0 Å². The third-order valence-electron chi connectivity index (χ3n) is 7.18. The first-order valence-corrected chi connectivity index (χ1v) is 10.9. The summed E-state index contributed by atoms with van der Waals surface area (Å²) in [6.07, 6.45) is 2.97. The maximum atomic E-state index is 15.2. The van der Waals surface area contributed by atoms with E-state index < -0.39 is 17.4 Å². The molecule has 2 fully saturated rings. The lowest BCUT2D eigenvalue weighted by molar-refractivity contribution is -0.134. The molecule has 1 aromatic carbocycles. The van der Waals surface area contributed by atoms with Gasteiger partial charge in [-0.1, -0.05) is 25.1 Å². The summed E-state index contributed by atoms with van der Waals surface area (Å²) in [5.74, 6) is -1.69. The van der Waals surface area contributed by atoms with Crippen LogP contribution in [0.2, 0.25) is 0 Å². The minimum atomic E-state index is -1.19. The monoisotopic (exact) mass is 434 g/mol. The average molecular weight is 435 g/mol. The van der Waals surface area contributed by atoms with Crippen LogP contribution >= 0.6 is 0 Å². The molecule has 2 heterocycles. The third-order valence-corrected chi connectivity index (χ3v) is 7.18. The van der Waals surface area contributed by atoms with E-state index in [1.165, 1.54) is 12.1 Å². The predicted molar refractivity (Wildman–Crippen MR) is 112 cm³/mol. The van der Waals surface area contributed by atoms with Crippen LogP contribution in [0.25, 0.3) is 0 Å². The first-order valence-electron chi connectivity index (χ1n) is 10.9. The molecule has 1 aromatic rings. The Balaban J connectivity index is 1.38. The summed E-state index contributed by atoms with van der Waals surface area (Å²) >= 11 is 0. The smallest absolute Gasteiger partial charge is 0.240 e. The number of alkyl halides is 1. The van der Waals surface area contributed by atoms with Gasteiger partial charge in [-0.3, -0.25) is 9.69 Å². The molecule has 1 amide bonds. The number of likely N-dealkylation sites (tertiary alicyclic amines) is 2. The number of aryl methyl sites for hydroxylation is 1. The number of aliphatic hydroxyl groups excluding tert-OH is 1. The molecule has 0 radical (unpaired) electrons. The first-order chi connectivity index (χ1) is 14.7. The van der Waals surface area contributed by atoms with Crippen LogP contribution in [-0.2, 0) is 11.3 Å². The summed E-state index contributed by atoms with van der Waals surface area (Å²) < 4.78 is 43.0. The van der Waals surface area contributed by atoms with E-state index in [-0.39, 0.29) is 42.4 Å². The quantitative estimate of drug-likeness (QED) is 0.753. The zero-order chi connectivity index (χ0) is 22.3. The molecule has 4 atom stereocenters. The molecule has 3 aliphatic rings. The number of aliphatic hydroxyl groups is 1. The molecular weight excluding hydrogens is 405 g/mol. The molecule has 31 heavy (non-hydrogen) atoms. The summed E-state index contributed by atoms with van der Waals surface area (Å²) in [5.41, 5.74) is 0.621. The molecular formula is C24H29F3N2O2. The maximum Gasteiger partial charge on any atom is 0.240 e. The van der Waals surface area contributed by atoms with E-state index in [2.05, 4.69) is 0 Å². The van der Waals surface area contributed by atoms with E-state index in [4.69, 9.17) is 0 Å². The van der Waals surface area contributed by atoms with Gasteiger partial charge in [0.25, 0.3) is 0 Å². The number of hydrogen-bond acceptors (Lipinski definition) is 3. The molecule has 0 saturated carbocycles. The van der Waals surface area contributed by atoms with Gasteiger partial charge in [0, 0.05) is 32.0 Å². The second-order valence-electron chi connectivity index (χ2n) is 9.36. The van der Waals surface area contributed by atoms with Gasteiger partial charge in [-0.2, -0.15) is 0 Å². The van der Waals surface area contributed by atoms with Crippen LogP contribution in [0.15, 0.2) is 41.9 Å². The van der Waals surface area contributed by atoms with Crippen LogP contribution in [0.5, 0.6) is 0 Å². The van der Waals surface area contributed by atoms with Crippen LogP contribution < -0.4 is 0 Å². The van der Waals surface area contributed by atoms with Crippen molar-refractivity contribution in [1.82, 2.24) is 9.80 Å². The van der Waals surface area contributed by atoms with Crippen LogP contribution in [0.3, 0.4) is 0 Å². The molecule has 1 N–H and O–H groups in total. The lowest BCUT2D eigenvalue weighted by Crippen LogP contribution is -2.52. The predicted octanol–water partition coefficient (Wildman–Crippen LogP) is 4.60. The van der Waals surface area contributed by atoms with E-state index in [1.54, 1.807) is 24.0 Å². The average Bonchev–Trinajstić information content (AvgIpc) is 3.08. The minimum absolute atomic E-state index is 0.0103. The lowest BCUT2D eigenvalue weighted by atomic mass is 9.67. The molecule has 0 spiro atoms. The van der Waals surface area contributed by atoms with E-state index in [1.807, 2.05) is 17.9 Å². The highest BCUT2D eigenvalue weighted by molar-refractivity contribution is 5.84. The van der Waals surface area contributed by atoms with E-state index in [0.717, 1.165) is 5.56 Å². The number of carbonyl (C=O) groups excluding carboxylic acids is 1. The SMILES string of the molecule is Cc1ccc(CN2CC[C@H](N3CC[C@@H](C4(C)C=CC(O)=C(F)C4)[C@H](F)C3)C2=O)cc1F. The summed E-state index contributed by atoms with van der Waals surface area (Å²) in [5, 5.41) is 9.50. The normalized spacial score (nSPS) is 32.2. The first kappa shape index (κ1) is 21.9. The number of nitrogens with zero attached hydrogens (tertiary/aromatic N) is 2. The Hall–Kier alpha value is -2.28. The highest BCUT2D eigenvalue weighted by atomic mass is 19.1. The second kappa shape index (κ2) is 8.34. The number of halogens is 3. The molecule has 1 unspecified atom stereocenters. The van der Waals surface area contributed by atoms with Crippen LogP contribution in [-0.4, -0.2) is 52.7 Å². The van der Waals surface area contributed by atoms with Gasteiger partial charge in [0.05, 0.1) is 6.04 Å². The largest absolute Gasteiger partial charge is 0.505 e. The molecule has 2 aliphatic heterocycles. The van der Waals surface area contributed by atoms with Crippen LogP contribution in [0.1, 0.15) is 37.3 Å². The topological polar surface area (TPSA) is 43.8 Å². The number of hydrogen-bond donors (Lipinski definition) is 1. The zero-order valence-corrected chi connectivity index (χ0v) is 18.0. The van der Waals surface area contributed by atoms with Crippen LogP contribution in [0, 0.1) is 24.1 Å². The Morgan fingerprint density at radius 2 is 2.00 bits per heavy atom. The molecule has 7 heteroatoms. The number of benzene rings is 1. The van der Waals surface area contributed by atoms with Gasteiger partial charge in [0.1, 0.15) is 23.6 Å². The van der Waals surface area contributed by atoms with E-state index >= 15 is 4.39 Å². The van der Waals surface area contributed by atoms with Crippen molar-refractivity contribution < 1.29 is 23.1 Å². The molecule has 2 saturated heterocycles. The fourth-order valence-electron chi connectivity index (χ4n) is 5.23. The van der Waals surface area contributed by atoms with Gasteiger partial charge in [-0.25, -0.2) is 13.2 Å². The second-order valence-corrected chi connectivity index (χ2v) is 9.36. The van der Waals surface area contributed by atoms with Gasteiger partial charge in [-0.05, 0) is 55.0 Å². The number of carbonyl (C=O) groups is 1. The summed E-state index contributed by atoms with van der Waals surface area (Å²) in [4.78, 5) is 16.6. The standard InChI is InChI=1S/C24H29F3N2O2/c1-15-3-4-16(11-18(15)25)13-29-10-7-21(23(29)31)28-9-6-17(20(27)14-28)24(2)8-5-22(30)19(26)12-24/h3-5,8,11,17,20-21,30H,6-7,9-10,12-14H2,1-2H3/t17-,20-,21+,24?/m1/s1. The van der Waals surface area contributed by atoms with Crippen molar-refractivity contribution in [3.63, 3.8) is 0 Å².